The highest BCUT2D eigenvalue weighted by molar-refractivity contribution is 5.42. The highest BCUT2D eigenvalue weighted by atomic mass is 19.4. The summed E-state index contributed by atoms with van der Waals surface area (Å²) in [7, 11) is 0. The summed E-state index contributed by atoms with van der Waals surface area (Å²) in [6.45, 7) is 1.77. The standard InChI is InChI=1S/C12H12F3N3/c1-8(16)10-4-2-3-5-11(10)18-7-9(6-17-18)12(13,14)15/h2-8H,16H2,1H3/t8-/m1/s1. The molecule has 1 atom stereocenters. The summed E-state index contributed by atoms with van der Waals surface area (Å²) >= 11 is 0. The molecule has 0 saturated heterocycles. The van der Waals surface area contributed by atoms with Crippen LogP contribution in [0.4, 0.5) is 13.2 Å². The average Bonchev–Trinajstić information content (AvgIpc) is 2.77. The molecular weight excluding hydrogens is 243 g/mol. The summed E-state index contributed by atoms with van der Waals surface area (Å²) in [5.41, 5.74) is 6.31. The summed E-state index contributed by atoms with van der Waals surface area (Å²) in [5, 5.41) is 3.74. The number of para-hydroxylation sites is 1. The predicted octanol–water partition coefficient (Wildman–Crippen LogP) is 2.91. The van der Waals surface area contributed by atoms with Gasteiger partial charge in [0, 0.05) is 12.2 Å². The van der Waals surface area contributed by atoms with E-state index in [2.05, 4.69) is 5.10 Å². The molecule has 18 heavy (non-hydrogen) atoms. The van der Waals surface area contributed by atoms with Gasteiger partial charge in [-0.05, 0) is 18.6 Å². The number of aromatic nitrogens is 2. The van der Waals surface area contributed by atoms with Crippen molar-refractivity contribution < 1.29 is 13.2 Å². The van der Waals surface area contributed by atoms with E-state index in [1.165, 1.54) is 4.68 Å². The second kappa shape index (κ2) is 4.45. The molecule has 0 aliphatic carbocycles. The zero-order chi connectivity index (χ0) is 13.3. The number of benzene rings is 1. The molecule has 0 fully saturated rings. The predicted molar refractivity (Wildman–Crippen MR) is 61.2 cm³/mol. The maximum absolute atomic E-state index is 12.5. The van der Waals surface area contributed by atoms with Crippen LogP contribution in [0.3, 0.4) is 0 Å². The van der Waals surface area contributed by atoms with Gasteiger partial charge in [0.1, 0.15) is 0 Å². The number of nitrogens with zero attached hydrogens (tertiary/aromatic N) is 2. The Hall–Kier alpha value is -1.82. The third-order valence-electron chi connectivity index (χ3n) is 2.58. The van der Waals surface area contributed by atoms with E-state index >= 15 is 0 Å². The molecule has 0 aliphatic rings. The Morgan fingerprint density at radius 1 is 1.28 bits per heavy atom. The molecule has 1 heterocycles. The zero-order valence-corrected chi connectivity index (χ0v) is 9.65. The molecule has 3 nitrogen and oxygen atoms in total. The largest absolute Gasteiger partial charge is 0.419 e. The molecule has 2 rings (SSSR count). The minimum absolute atomic E-state index is 0.278. The van der Waals surface area contributed by atoms with Crippen LogP contribution in [0.5, 0.6) is 0 Å². The topological polar surface area (TPSA) is 43.8 Å². The molecule has 0 bridgehead atoms. The van der Waals surface area contributed by atoms with Crippen LogP contribution in [0.1, 0.15) is 24.1 Å². The van der Waals surface area contributed by atoms with E-state index in [4.69, 9.17) is 5.73 Å². The normalized spacial score (nSPS) is 13.6. The summed E-state index contributed by atoms with van der Waals surface area (Å²) in [5.74, 6) is 0. The molecule has 0 spiro atoms. The molecule has 2 N–H and O–H groups in total. The summed E-state index contributed by atoms with van der Waals surface area (Å²) in [6.07, 6.45) is -2.62. The van der Waals surface area contributed by atoms with Crippen molar-refractivity contribution in [1.29, 1.82) is 0 Å². The van der Waals surface area contributed by atoms with Gasteiger partial charge < -0.3 is 5.73 Å². The summed E-state index contributed by atoms with van der Waals surface area (Å²) < 4.78 is 38.7. The van der Waals surface area contributed by atoms with Crippen molar-refractivity contribution in [1.82, 2.24) is 9.78 Å². The molecular formula is C12H12F3N3. The monoisotopic (exact) mass is 255 g/mol. The van der Waals surface area contributed by atoms with E-state index in [9.17, 15) is 13.2 Å². The van der Waals surface area contributed by atoms with Gasteiger partial charge in [-0.25, -0.2) is 4.68 Å². The lowest BCUT2D eigenvalue weighted by Crippen LogP contribution is -2.10. The number of hydrogen-bond acceptors (Lipinski definition) is 2. The van der Waals surface area contributed by atoms with Crippen LogP contribution in [0.2, 0.25) is 0 Å². The van der Waals surface area contributed by atoms with Crippen LogP contribution in [0.15, 0.2) is 36.7 Å². The Labute approximate surface area is 102 Å². The SMILES string of the molecule is C[C@@H](N)c1ccccc1-n1cc(C(F)(F)F)cn1. The molecule has 0 aliphatic heterocycles. The number of hydrogen-bond donors (Lipinski definition) is 1. The molecule has 1 aromatic heterocycles. The van der Waals surface area contributed by atoms with Gasteiger partial charge in [0.05, 0.1) is 17.4 Å². The third-order valence-corrected chi connectivity index (χ3v) is 2.58. The van der Waals surface area contributed by atoms with Crippen molar-refractivity contribution in [2.24, 2.45) is 5.73 Å². The van der Waals surface area contributed by atoms with E-state index < -0.39 is 11.7 Å². The number of nitrogens with two attached hydrogens (primary N) is 1. The van der Waals surface area contributed by atoms with E-state index in [-0.39, 0.29) is 6.04 Å². The highest BCUT2D eigenvalue weighted by Crippen LogP contribution is 2.29. The number of halogens is 3. The fourth-order valence-electron chi connectivity index (χ4n) is 1.68. The first-order chi connectivity index (χ1) is 8.39. The fraction of sp³-hybridized carbons (Fsp3) is 0.250. The van der Waals surface area contributed by atoms with Gasteiger partial charge >= 0.3 is 6.18 Å². The molecule has 0 unspecified atom stereocenters. The van der Waals surface area contributed by atoms with Crippen LogP contribution >= 0.6 is 0 Å². The van der Waals surface area contributed by atoms with E-state index in [1.807, 2.05) is 0 Å². The van der Waals surface area contributed by atoms with E-state index in [0.29, 0.717) is 5.69 Å². The van der Waals surface area contributed by atoms with Gasteiger partial charge in [0.15, 0.2) is 0 Å². The summed E-state index contributed by atoms with van der Waals surface area (Å²) in [4.78, 5) is 0. The number of alkyl halides is 3. The summed E-state index contributed by atoms with van der Waals surface area (Å²) in [6, 6.07) is 6.70. The van der Waals surface area contributed by atoms with Crippen molar-refractivity contribution in [2.75, 3.05) is 0 Å². The maximum Gasteiger partial charge on any atom is 0.419 e. The molecule has 0 radical (unpaired) electrons. The van der Waals surface area contributed by atoms with Crippen LogP contribution in [0.25, 0.3) is 5.69 Å². The van der Waals surface area contributed by atoms with Crippen molar-refractivity contribution in [3.8, 4) is 5.69 Å². The van der Waals surface area contributed by atoms with Gasteiger partial charge in [-0.3, -0.25) is 0 Å². The Kier molecular flexibility index (Phi) is 3.13. The van der Waals surface area contributed by atoms with Crippen LogP contribution in [-0.4, -0.2) is 9.78 Å². The van der Waals surface area contributed by atoms with Crippen molar-refractivity contribution in [3.05, 3.63) is 47.8 Å². The molecule has 96 valence electrons. The first-order valence-electron chi connectivity index (χ1n) is 5.36. The van der Waals surface area contributed by atoms with Crippen LogP contribution in [0, 0.1) is 0 Å². The maximum atomic E-state index is 12.5. The van der Waals surface area contributed by atoms with Crippen LogP contribution < -0.4 is 5.73 Å². The lowest BCUT2D eigenvalue weighted by Gasteiger charge is -2.12. The quantitative estimate of drug-likeness (QED) is 0.896. The van der Waals surface area contributed by atoms with Crippen LogP contribution in [-0.2, 0) is 6.18 Å². The lowest BCUT2D eigenvalue weighted by molar-refractivity contribution is -0.137. The fourth-order valence-corrected chi connectivity index (χ4v) is 1.68. The molecule has 2 aromatic rings. The molecule has 0 saturated carbocycles. The first kappa shape index (κ1) is 12.6. The van der Waals surface area contributed by atoms with Crippen molar-refractivity contribution >= 4 is 0 Å². The van der Waals surface area contributed by atoms with Crippen molar-refractivity contribution in [2.45, 2.75) is 19.1 Å². The van der Waals surface area contributed by atoms with Crippen molar-refractivity contribution in [3.63, 3.8) is 0 Å². The molecule has 0 amide bonds. The van der Waals surface area contributed by atoms with E-state index in [1.54, 1.807) is 31.2 Å². The van der Waals surface area contributed by atoms with Gasteiger partial charge in [-0.2, -0.15) is 18.3 Å². The Morgan fingerprint density at radius 2 is 1.94 bits per heavy atom. The minimum Gasteiger partial charge on any atom is -0.324 e. The van der Waals surface area contributed by atoms with E-state index in [0.717, 1.165) is 18.0 Å². The van der Waals surface area contributed by atoms with Gasteiger partial charge in [-0.1, -0.05) is 18.2 Å². The third kappa shape index (κ3) is 2.38. The average molecular weight is 255 g/mol. The molecule has 6 heteroatoms. The first-order valence-corrected chi connectivity index (χ1v) is 5.36. The second-order valence-electron chi connectivity index (χ2n) is 4.02. The Bertz CT molecular complexity index is 543. The Balaban J connectivity index is 2.47. The van der Waals surface area contributed by atoms with Gasteiger partial charge in [0.25, 0.3) is 0 Å². The zero-order valence-electron chi connectivity index (χ0n) is 9.65. The number of rotatable bonds is 2. The van der Waals surface area contributed by atoms with Gasteiger partial charge in [0.2, 0.25) is 0 Å². The Morgan fingerprint density at radius 3 is 2.50 bits per heavy atom. The van der Waals surface area contributed by atoms with Gasteiger partial charge in [-0.15, -0.1) is 0 Å². The second-order valence-corrected chi connectivity index (χ2v) is 4.02. The minimum atomic E-state index is -4.39. The molecule has 1 aromatic carbocycles. The lowest BCUT2D eigenvalue weighted by atomic mass is 10.1. The highest BCUT2D eigenvalue weighted by Gasteiger charge is 2.32. The smallest absolute Gasteiger partial charge is 0.324 e.